The average Bonchev–Trinajstić information content (AvgIpc) is 3.24. The fourth-order valence-corrected chi connectivity index (χ4v) is 5.88. The first-order valence-corrected chi connectivity index (χ1v) is 12.4. The molecule has 174 valence electrons. The molecule has 5 rings (SSSR count). The summed E-state index contributed by atoms with van der Waals surface area (Å²) in [7, 11) is 0. The van der Waals surface area contributed by atoms with E-state index in [9.17, 15) is 9.59 Å². The molecule has 0 fully saturated rings. The van der Waals surface area contributed by atoms with Crippen molar-refractivity contribution in [3.8, 4) is 0 Å². The Kier molecular flexibility index (Phi) is 5.56. The first-order valence-electron chi connectivity index (χ1n) is 11.6. The van der Waals surface area contributed by atoms with Crippen molar-refractivity contribution in [3.63, 3.8) is 0 Å². The number of carbonyl (C=O) groups is 2. The molecular weight excluding hydrogens is 442 g/mol. The van der Waals surface area contributed by atoms with Crippen molar-refractivity contribution in [2.45, 2.75) is 46.6 Å². The van der Waals surface area contributed by atoms with E-state index in [1.54, 1.807) is 16.2 Å². The maximum absolute atomic E-state index is 14.0. The number of hydrogen-bond donors (Lipinski definition) is 2. The number of fused-ring (bicyclic) bond motifs is 1. The Morgan fingerprint density at radius 3 is 2.62 bits per heavy atom. The molecule has 6 heteroatoms. The molecule has 2 heterocycles. The van der Waals surface area contributed by atoms with Gasteiger partial charge in [-0.05, 0) is 60.9 Å². The van der Waals surface area contributed by atoms with Crippen LogP contribution in [-0.2, 0) is 4.79 Å². The minimum atomic E-state index is -0.500. The van der Waals surface area contributed by atoms with Crippen LogP contribution >= 0.6 is 11.3 Å². The predicted molar refractivity (Wildman–Crippen MR) is 140 cm³/mol. The molecule has 3 aromatic rings. The lowest BCUT2D eigenvalue weighted by atomic mass is 9.74. The highest BCUT2D eigenvalue weighted by atomic mass is 32.1. The van der Waals surface area contributed by atoms with Gasteiger partial charge in [-0.15, -0.1) is 11.3 Å². The van der Waals surface area contributed by atoms with Gasteiger partial charge >= 0.3 is 6.03 Å². The molecule has 0 saturated heterocycles. The summed E-state index contributed by atoms with van der Waals surface area (Å²) in [5.74, 6) is 0.0919. The van der Waals surface area contributed by atoms with Crippen molar-refractivity contribution < 1.29 is 9.59 Å². The van der Waals surface area contributed by atoms with Gasteiger partial charge in [0, 0.05) is 28.3 Å². The van der Waals surface area contributed by atoms with Crippen LogP contribution in [0.15, 0.2) is 71.2 Å². The molecule has 2 aliphatic rings. The van der Waals surface area contributed by atoms with Gasteiger partial charge in [-0.3, -0.25) is 9.69 Å². The summed E-state index contributed by atoms with van der Waals surface area (Å²) in [6.07, 6.45) is 1.20. The highest BCUT2D eigenvalue weighted by Gasteiger charge is 2.43. The SMILES string of the molecule is Cc1ccc(NC(=O)N2c3ccccc3NC3=C(C(=O)CC(C)(C)C3)C2c2cccs2)c(C)c1. The number of para-hydroxylation sites is 2. The molecular formula is C28H29N3O2S. The molecule has 1 atom stereocenters. The molecule has 0 saturated carbocycles. The maximum atomic E-state index is 14.0. The molecule has 2 aromatic carbocycles. The van der Waals surface area contributed by atoms with Gasteiger partial charge in [0.2, 0.25) is 0 Å². The van der Waals surface area contributed by atoms with Crippen LogP contribution < -0.4 is 15.5 Å². The van der Waals surface area contributed by atoms with Gasteiger partial charge in [-0.1, -0.05) is 49.7 Å². The summed E-state index contributed by atoms with van der Waals surface area (Å²) in [6.45, 7) is 8.27. The molecule has 0 spiro atoms. The number of benzene rings is 2. The molecule has 0 radical (unpaired) electrons. The quantitative estimate of drug-likeness (QED) is 0.415. The van der Waals surface area contributed by atoms with Crippen molar-refractivity contribution in [3.05, 3.63) is 87.3 Å². The van der Waals surface area contributed by atoms with Crippen molar-refractivity contribution in [2.24, 2.45) is 5.41 Å². The number of urea groups is 1. The lowest BCUT2D eigenvalue weighted by molar-refractivity contribution is -0.118. The minimum absolute atomic E-state index is 0.0919. The molecule has 1 unspecified atom stereocenters. The summed E-state index contributed by atoms with van der Waals surface area (Å²) < 4.78 is 0. The Morgan fingerprint density at radius 1 is 1.09 bits per heavy atom. The smallest absolute Gasteiger partial charge is 0.327 e. The number of Topliss-reactive ketones (excluding diaryl/α,β-unsaturated/α-hetero) is 1. The van der Waals surface area contributed by atoms with E-state index >= 15 is 0 Å². The van der Waals surface area contributed by atoms with Crippen LogP contribution in [0.2, 0.25) is 0 Å². The van der Waals surface area contributed by atoms with Crippen molar-refractivity contribution in [1.29, 1.82) is 0 Å². The Morgan fingerprint density at radius 2 is 1.88 bits per heavy atom. The number of nitrogens with zero attached hydrogens (tertiary/aromatic N) is 1. The lowest BCUT2D eigenvalue weighted by Crippen LogP contribution is -2.41. The molecule has 1 aliphatic carbocycles. The van der Waals surface area contributed by atoms with Crippen LogP contribution in [0.4, 0.5) is 21.9 Å². The van der Waals surface area contributed by atoms with Crippen molar-refractivity contribution in [2.75, 3.05) is 15.5 Å². The maximum Gasteiger partial charge on any atom is 0.327 e. The fraction of sp³-hybridized carbons (Fsp3) is 0.286. The summed E-state index contributed by atoms with van der Waals surface area (Å²) in [4.78, 5) is 30.3. The largest absolute Gasteiger partial charge is 0.357 e. The Bertz CT molecular complexity index is 1310. The summed E-state index contributed by atoms with van der Waals surface area (Å²) in [5, 5.41) is 8.67. The van der Waals surface area contributed by atoms with Gasteiger partial charge in [0.1, 0.15) is 6.04 Å². The second-order valence-electron chi connectivity index (χ2n) is 10.0. The van der Waals surface area contributed by atoms with E-state index < -0.39 is 6.04 Å². The summed E-state index contributed by atoms with van der Waals surface area (Å²) in [5.41, 5.74) is 5.94. The Labute approximate surface area is 204 Å². The Hall–Kier alpha value is -3.38. The molecule has 2 amide bonds. The fourth-order valence-electron chi connectivity index (χ4n) is 5.06. The number of ketones is 1. The number of anilines is 3. The molecule has 1 aromatic heterocycles. The summed E-state index contributed by atoms with van der Waals surface area (Å²) in [6, 6.07) is 17.0. The number of thiophene rings is 1. The highest BCUT2D eigenvalue weighted by Crippen LogP contribution is 2.49. The van der Waals surface area contributed by atoms with E-state index in [4.69, 9.17) is 0 Å². The van der Waals surface area contributed by atoms with Gasteiger partial charge in [-0.25, -0.2) is 4.79 Å². The monoisotopic (exact) mass is 471 g/mol. The number of aryl methyl sites for hydroxylation is 2. The number of allylic oxidation sites excluding steroid dienone is 1. The third kappa shape index (κ3) is 4.03. The van der Waals surface area contributed by atoms with Crippen LogP contribution in [0.25, 0.3) is 0 Å². The standard InChI is InChI=1S/C28H29N3O2S/c1-17-11-12-19(18(2)14-17)30-27(33)31-22-9-6-5-8-20(22)29-21-15-28(3,4)16-23(32)25(21)26(31)24-10-7-13-34-24/h5-14,26,29H,15-16H2,1-4H3,(H,30,33). The van der Waals surface area contributed by atoms with E-state index in [2.05, 4.69) is 30.5 Å². The van der Waals surface area contributed by atoms with E-state index in [0.29, 0.717) is 12.0 Å². The topological polar surface area (TPSA) is 61.4 Å². The number of nitrogens with one attached hydrogen (secondary N) is 2. The van der Waals surface area contributed by atoms with E-state index in [1.165, 1.54) is 0 Å². The number of carbonyl (C=O) groups excluding carboxylic acids is 2. The van der Waals surface area contributed by atoms with E-state index in [1.807, 2.05) is 67.8 Å². The first-order chi connectivity index (χ1) is 16.2. The average molecular weight is 472 g/mol. The van der Waals surface area contributed by atoms with Crippen LogP contribution in [0.3, 0.4) is 0 Å². The third-order valence-corrected chi connectivity index (χ3v) is 7.48. The minimum Gasteiger partial charge on any atom is -0.357 e. The van der Waals surface area contributed by atoms with Crippen LogP contribution in [0, 0.1) is 19.3 Å². The van der Waals surface area contributed by atoms with Crippen LogP contribution in [-0.4, -0.2) is 11.8 Å². The molecule has 1 aliphatic heterocycles. The second kappa shape index (κ2) is 8.44. The highest BCUT2D eigenvalue weighted by molar-refractivity contribution is 7.10. The van der Waals surface area contributed by atoms with Crippen molar-refractivity contribution >= 4 is 40.2 Å². The van der Waals surface area contributed by atoms with E-state index in [-0.39, 0.29) is 17.2 Å². The summed E-state index contributed by atoms with van der Waals surface area (Å²) >= 11 is 1.57. The predicted octanol–water partition coefficient (Wildman–Crippen LogP) is 7.21. The van der Waals surface area contributed by atoms with Gasteiger partial charge < -0.3 is 10.6 Å². The normalized spacial score (nSPS) is 19.1. The van der Waals surface area contributed by atoms with Gasteiger partial charge in [0.15, 0.2) is 5.78 Å². The molecule has 34 heavy (non-hydrogen) atoms. The first kappa shape index (κ1) is 22.4. The second-order valence-corrected chi connectivity index (χ2v) is 11.0. The Balaban J connectivity index is 1.68. The van der Waals surface area contributed by atoms with Gasteiger partial charge in [0.25, 0.3) is 0 Å². The number of rotatable bonds is 2. The molecule has 0 bridgehead atoms. The number of hydrogen-bond acceptors (Lipinski definition) is 4. The van der Waals surface area contributed by atoms with E-state index in [0.717, 1.165) is 45.2 Å². The van der Waals surface area contributed by atoms with Gasteiger partial charge in [-0.2, -0.15) is 0 Å². The zero-order valence-electron chi connectivity index (χ0n) is 19.9. The zero-order chi connectivity index (χ0) is 24.0. The molecule has 2 N–H and O–H groups in total. The van der Waals surface area contributed by atoms with Gasteiger partial charge in [0.05, 0.1) is 11.4 Å². The van der Waals surface area contributed by atoms with Crippen LogP contribution in [0.1, 0.15) is 48.7 Å². The van der Waals surface area contributed by atoms with Crippen molar-refractivity contribution in [1.82, 2.24) is 0 Å². The third-order valence-electron chi connectivity index (χ3n) is 6.56. The lowest BCUT2D eigenvalue weighted by Gasteiger charge is -2.36. The zero-order valence-corrected chi connectivity index (χ0v) is 20.8. The molecule has 5 nitrogen and oxygen atoms in total. The number of amides is 2. The van der Waals surface area contributed by atoms with Crippen LogP contribution in [0.5, 0.6) is 0 Å².